The van der Waals surface area contributed by atoms with Crippen LogP contribution in [0.25, 0.3) is 10.6 Å². The fourth-order valence-corrected chi connectivity index (χ4v) is 2.20. The molecule has 0 radical (unpaired) electrons. The van der Waals surface area contributed by atoms with Crippen LogP contribution in [0.3, 0.4) is 0 Å². The molecular weight excluding hydrogens is 245 g/mol. The van der Waals surface area contributed by atoms with Crippen molar-refractivity contribution >= 4 is 22.4 Å². The van der Waals surface area contributed by atoms with Crippen LogP contribution in [0.2, 0.25) is 0 Å². The van der Waals surface area contributed by atoms with E-state index >= 15 is 0 Å². The summed E-state index contributed by atoms with van der Waals surface area (Å²) in [6, 6.07) is 1.30. The Bertz CT molecular complexity index is 570. The van der Waals surface area contributed by atoms with Crippen molar-refractivity contribution < 1.29 is 14.3 Å². The van der Waals surface area contributed by atoms with Gasteiger partial charge in [0.1, 0.15) is 15.8 Å². The second-order valence-electron chi connectivity index (χ2n) is 3.26. The minimum atomic E-state index is -1.15. The van der Waals surface area contributed by atoms with Crippen LogP contribution in [0.4, 0.5) is 14.2 Å². The number of nitrogens with one attached hydrogen (secondary N) is 1. The normalized spacial score (nSPS) is 10.2. The highest BCUT2D eigenvalue weighted by molar-refractivity contribution is 7.19. The zero-order chi connectivity index (χ0) is 12.4. The summed E-state index contributed by atoms with van der Waals surface area (Å²) in [4.78, 5) is 18.4. The molecule has 5 nitrogen and oxygen atoms in total. The summed E-state index contributed by atoms with van der Waals surface area (Å²) in [7, 11) is 0. The number of hydrogen-bond donors (Lipinski definition) is 2. The Morgan fingerprint density at radius 1 is 1.53 bits per heavy atom. The number of carbonyl (C=O) groups is 1. The van der Waals surface area contributed by atoms with E-state index in [2.05, 4.69) is 15.3 Å². The van der Waals surface area contributed by atoms with Crippen molar-refractivity contribution in [2.45, 2.75) is 6.92 Å². The molecule has 0 fully saturated rings. The number of pyridine rings is 1. The summed E-state index contributed by atoms with van der Waals surface area (Å²) >= 11 is 1.14. The van der Waals surface area contributed by atoms with Gasteiger partial charge in [-0.1, -0.05) is 11.3 Å². The number of aryl methyl sites for hydroxylation is 1. The summed E-state index contributed by atoms with van der Waals surface area (Å²) in [6.07, 6.45) is 1.42. The minimum absolute atomic E-state index is 0.428. The lowest BCUT2D eigenvalue weighted by molar-refractivity contribution is 0.210. The highest BCUT2D eigenvalue weighted by atomic mass is 32.1. The molecule has 0 spiro atoms. The van der Waals surface area contributed by atoms with Gasteiger partial charge in [0, 0.05) is 11.8 Å². The number of amides is 1. The molecular formula is C10H8FN3O2S. The number of aromatic nitrogens is 2. The maximum atomic E-state index is 13.0. The number of thiazole rings is 1. The summed E-state index contributed by atoms with van der Waals surface area (Å²) in [6.45, 7) is 1.68. The Hall–Kier alpha value is -2.02. The monoisotopic (exact) mass is 253 g/mol. The number of hydrogen-bond acceptors (Lipinski definition) is 4. The average molecular weight is 253 g/mol. The van der Waals surface area contributed by atoms with E-state index in [0.717, 1.165) is 17.5 Å². The molecule has 0 aliphatic rings. The maximum Gasteiger partial charge on any atom is 0.409 e. The molecule has 0 unspecified atom stereocenters. The van der Waals surface area contributed by atoms with Crippen LogP contribution in [0.5, 0.6) is 0 Å². The van der Waals surface area contributed by atoms with Gasteiger partial charge in [0.05, 0.1) is 11.9 Å². The van der Waals surface area contributed by atoms with Gasteiger partial charge in [-0.05, 0) is 13.0 Å². The standard InChI is InChI=1S/C10H8FN3O2S/c1-5-8(14-10(15)16)17-9(13-5)6-2-7(11)4-12-3-6/h2-4,14H,1H3,(H,15,16). The fraction of sp³-hybridized carbons (Fsp3) is 0.100. The lowest BCUT2D eigenvalue weighted by atomic mass is 10.3. The van der Waals surface area contributed by atoms with Gasteiger partial charge in [0.2, 0.25) is 0 Å². The lowest BCUT2D eigenvalue weighted by Crippen LogP contribution is -2.06. The SMILES string of the molecule is Cc1nc(-c2cncc(F)c2)sc1NC(=O)O. The van der Waals surface area contributed by atoms with Gasteiger partial charge in [-0.25, -0.2) is 14.2 Å². The topological polar surface area (TPSA) is 75.1 Å². The third-order valence-corrected chi connectivity index (χ3v) is 3.09. The van der Waals surface area contributed by atoms with E-state index in [0.29, 0.717) is 21.3 Å². The zero-order valence-electron chi connectivity index (χ0n) is 8.77. The number of anilines is 1. The third-order valence-electron chi connectivity index (χ3n) is 1.97. The Labute approximate surface area is 100.0 Å². The van der Waals surface area contributed by atoms with E-state index < -0.39 is 11.9 Å². The molecule has 0 bridgehead atoms. The predicted octanol–water partition coefficient (Wildman–Crippen LogP) is 2.74. The first-order valence-electron chi connectivity index (χ1n) is 4.64. The minimum Gasteiger partial charge on any atom is -0.465 e. The quantitative estimate of drug-likeness (QED) is 0.862. The number of nitrogens with zero attached hydrogens (tertiary/aromatic N) is 2. The summed E-state index contributed by atoms with van der Waals surface area (Å²) in [5.74, 6) is -0.455. The van der Waals surface area contributed by atoms with E-state index in [9.17, 15) is 9.18 Å². The van der Waals surface area contributed by atoms with Gasteiger partial charge in [-0.2, -0.15) is 0 Å². The number of halogens is 1. The molecule has 2 N–H and O–H groups in total. The Morgan fingerprint density at radius 3 is 2.94 bits per heavy atom. The molecule has 0 saturated carbocycles. The maximum absolute atomic E-state index is 13.0. The molecule has 0 aromatic carbocycles. The number of carboxylic acid groups (broad SMARTS) is 1. The first kappa shape index (κ1) is 11.5. The van der Waals surface area contributed by atoms with Crippen LogP contribution in [0.15, 0.2) is 18.5 Å². The highest BCUT2D eigenvalue weighted by Crippen LogP contribution is 2.31. The first-order chi connectivity index (χ1) is 8.06. The van der Waals surface area contributed by atoms with Gasteiger partial charge in [0.25, 0.3) is 0 Å². The van der Waals surface area contributed by atoms with Gasteiger partial charge in [-0.15, -0.1) is 0 Å². The molecule has 17 heavy (non-hydrogen) atoms. The van der Waals surface area contributed by atoms with Crippen LogP contribution >= 0.6 is 11.3 Å². The molecule has 0 atom stereocenters. The van der Waals surface area contributed by atoms with Crippen molar-refractivity contribution in [1.29, 1.82) is 0 Å². The van der Waals surface area contributed by atoms with Crippen molar-refractivity contribution in [3.05, 3.63) is 30.0 Å². The molecule has 0 saturated heterocycles. The van der Waals surface area contributed by atoms with Crippen molar-refractivity contribution in [3.8, 4) is 10.6 Å². The second-order valence-corrected chi connectivity index (χ2v) is 4.25. The number of rotatable bonds is 2. The van der Waals surface area contributed by atoms with E-state index in [-0.39, 0.29) is 0 Å². The first-order valence-corrected chi connectivity index (χ1v) is 5.46. The molecule has 88 valence electrons. The molecule has 2 aromatic rings. The van der Waals surface area contributed by atoms with Gasteiger partial charge in [0.15, 0.2) is 0 Å². The molecule has 1 amide bonds. The Kier molecular flexibility index (Phi) is 3.01. The van der Waals surface area contributed by atoms with E-state index in [4.69, 9.17) is 5.11 Å². The molecule has 7 heteroatoms. The van der Waals surface area contributed by atoms with Crippen LogP contribution in [-0.2, 0) is 0 Å². The molecule has 2 rings (SSSR count). The summed E-state index contributed by atoms with van der Waals surface area (Å²) in [5, 5.41) is 11.8. The fourth-order valence-electron chi connectivity index (χ4n) is 1.26. The van der Waals surface area contributed by atoms with Gasteiger partial charge < -0.3 is 5.11 Å². The zero-order valence-corrected chi connectivity index (χ0v) is 9.58. The van der Waals surface area contributed by atoms with Crippen LogP contribution in [0, 0.1) is 12.7 Å². The largest absolute Gasteiger partial charge is 0.465 e. The Balaban J connectivity index is 2.37. The second kappa shape index (κ2) is 4.46. The predicted molar refractivity (Wildman–Crippen MR) is 61.7 cm³/mol. The van der Waals surface area contributed by atoms with E-state index in [1.54, 1.807) is 6.92 Å². The third kappa shape index (κ3) is 2.56. The average Bonchev–Trinajstić information content (AvgIpc) is 2.59. The van der Waals surface area contributed by atoms with Crippen molar-refractivity contribution in [2.75, 3.05) is 5.32 Å². The lowest BCUT2D eigenvalue weighted by Gasteiger charge is -1.95. The molecule has 0 aliphatic carbocycles. The van der Waals surface area contributed by atoms with Crippen LogP contribution < -0.4 is 5.32 Å². The van der Waals surface area contributed by atoms with E-state index in [1.807, 2.05) is 0 Å². The Morgan fingerprint density at radius 2 is 2.29 bits per heavy atom. The molecule has 2 aromatic heterocycles. The van der Waals surface area contributed by atoms with Crippen LogP contribution in [0.1, 0.15) is 5.69 Å². The van der Waals surface area contributed by atoms with Gasteiger partial charge in [-0.3, -0.25) is 10.3 Å². The van der Waals surface area contributed by atoms with Crippen molar-refractivity contribution in [3.63, 3.8) is 0 Å². The molecule has 0 aliphatic heterocycles. The van der Waals surface area contributed by atoms with Crippen molar-refractivity contribution in [2.24, 2.45) is 0 Å². The van der Waals surface area contributed by atoms with Crippen molar-refractivity contribution in [1.82, 2.24) is 9.97 Å². The summed E-state index contributed by atoms with van der Waals surface area (Å²) < 4.78 is 13.0. The molecule has 2 heterocycles. The summed E-state index contributed by atoms with van der Waals surface area (Å²) in [5.41, 5.74) is 1.08. The highest BCUT2D eigenvalue weighted by Gasteiger charge is 2.11. The van der Waals surface area contributed by atoms with Gasteiger partial charge >= 0.3 is 6.09 Å². The van der Waals surface area contributed by atoms with Crippen LogP contribution in [-0.4, -0.2) is 21.2 Å². The smallest absolute Gasteiger partial charge is 0.409 e. The van der Waals surface area contributed by atoms with E-state index in [1.165, 1.54) is 12.3 Å².